The summed E-state index contributed by atoms with van der Waals surface area (Å²) in [6.07, 6.45) is -3.19. The van der Waals surface area contributed by atoms with Gasteiger partial charge in [-0.05, 0) is 61.4 Å². The number of piperazine rings is 1. The number of nitrogens with zero attached hydrogens (tertiary/aromatic N) is 2. The fourth-order valence-corrected chi connectivity index (χ4v) is 5.36. The Morgan fingerprint density at radius 3 is 2.47 bits per heavy atom. The largest absolute Gasteiger partial charge is 0.611 e. The van der Waals surface area contributed by atoms with Gasteiger partial charge in [0.05, 0.1) is 5.02 Å². The van der Waals surface area contributed by atoms with Crippen molar-refractivity contribution in [2.24, 2.45) is 0 Å². The molecule has 0 aliphatic carbocycles. The molecule has 0 bridgehead atoms. The molecule has 172 valence electrons. The van der Waals surface area contributed by atoms with E-state index >= 15 is 0 Å². The number of rotatable bonds is 6. The minimum atomic E-state index is -3.19. The second-order valence-electron chi connectivity index (χ2n) is 7.56. The van der Waals surface area contributed by atoms with Crippen LogP contribution in [-0.2, 0) is 16.0 Å². The maximum absolute atomic E-state index is 13.2. The van der Waals surface area contributed by atoms with Gasteiger partial charge in [-0.15, -0.1) is 0 Å². The van der Waals surface area contributed by atoms with Crippen molar-refractivity contribution >= 4 is 51.8 Å². The van der Waals surface area contributed by atoms with Crippen molar-refractivity contribution < 1.29 is 22.9 Å². The third-order valence-corrected chi connectivity index (χ3v) is 7.66. The van der Waals surface area contributed by atoms with E-state index in [1.165, 1.54) is 18.2 Å². The minimum Gasteiger partial charge on any atom is -0.611 e. The van der Waals surface area contributed by atoms with Crippen molar-refractivity contribution in [2.45, 2.75) is 37.3 Å². The van der Waals surface area contributed by atoms with Crippen molar-refractivity contribution in [1.82, 2.24) is 4.90 Å². The molecule has 2 aromatic rings. The van der Waals surface area contributed by atoms with Crippen molar-refractivity contribution in [1.29, 1.82) is 0 Å². The zero-order valence-corrected chi connectivity index (χ0v) is 19.8. The van der Waals surface area contributed by atoms with E-state index in [0.29, 0.717) is 23.7 Å². The van der Waals surface area contributed by atoms with Crippen LogP contribution >= 0.6 is 23.2 Å². The fourth-order valence-electron chi connectivity index (χ4n) is 3.70. The highest BCUT2D eigenvalue weighted by Gasteiger charge is 2.34. The number of alkyl halides is 2. The van der Waals surface area contributed by atoms with E-state index in [-0.39, 0.29) is 27.9 Å². The van der Waals surface area contributed by atoms with Gasteiger partial charge < -0.3 is 14.4 Å². The van der Waals surface area contributed by atoms with Crippen LogP contribution in [0.3, 0.4) is 0 Å². The Balaban J connectivity index is 1.73. The molecule has 1 amide bonds. The smallest absolute Gasteiger partial charge is 0.300 e. The zero-order chi connectivity index (χ0) is 23.6. The Kier molecular flexibility index (Phi) is 8.03. The van der Waals surface area contributed by atoms with Crippen LogP contribution in [0.2, 0.25) is 10.0 Å². The van der Waals surface area contributed by atoms with Gasteiger partial charge in [-0.2, -0.15) is 0 Å². The van der Waals surface area contributed by atoms with Gasteiger partial charge in [-0.1, -0.05) is 29.3 Å². The summed E-state index contributed by atoms with van der Waals surface area (Å²) in [5, 5.41) is 0.637. The Hall–Kier alpha value is -1.87. The van der Waals surface area contributed by atoms with Crippen LogP contribution in [0.1, 0.15) is 24.2 Å². The molecule has 5 nitrogen and oxygen atoms in total. The van der Waals surface area contributed by atoms with Crippen LogP contribution in [0, 0.1) is 0 Å². The minimum absolute atomic E-state index is 0.00508. The van der Waals surface area contributed by atoms with E-state index in [0.717, 1.165) is 5.69 Å². The molecule has 0 radical (unpaired) electrons. The molecule has 0 aromatic heterocycles. The molecule has 2 unspecified atom stereocenters. The Bertz CT molecular complexity index is 1010. The molecular formula is C22H22Cl2F2N2O3S. The van der Waals surface area contributed by atoms with E-state index in [9.17, 15) is 22.9 Å². The average molecular weight is 503 g/mol. The van der Waals surface area contributed by atoms with Crippen LogP contribution in [-0.4, -0.2) is 58.5 Å². The van der Waals surface area contributed by atoms with E-state index < -0.39 is 29.1 Å². The number of carbonyl (C=O) groups excluding carboxylic acids is 2. The predicted octanol–water partition coefficient (Wildman–Crippen LogP) is 4.67. The summed E-state index contributed by atoms with van der Waals surface area (Å²) in [5.74, 6) is -2.48. The van der Waals surface area contributed by atoms with Gasteiger partial charge in [0.1, 0.15) is 0 Å². The van der Waals surface area contributed by atoms with Crippen LogP contribution in [0.5, 0.6) is 0 Å². The molecule has 32 heavy (non-hydrogen) atoms. The van der Waals surface area contributed by atoms with Gasteiger partial charge in [-0.25, -0.2) is 8.78 Å². The number of benzene rings is 2. The van der Waals surface area contributed by atoms with Crippen LogP contribution in [0.25, 0.3) is 0 Å². The molecule has 0 spiro atoms. The first-order chi connectivity index (χ1) is 15.1. The first kappa shape index (κ1) is 24.8. The maximum Gasteiger partial charge on any atom is 0.300 e. The maximum atomic E-state index is 13.2. The molecule has 3 rings (SSSR count). The highest BCUT2D eigenvalue weighted by atomic mass is 35.5. The number of hydrogen-bond acceptors (Lipinski definition) is 4. The van der Waals surface area contributed by atoms with Gasteiger partial charge in [0.15, 0.2) is 10.6 Å². The van der Waals surface area contributed by atoms with Gasteiger partial charge >= 0.3 is 6.43 Å². The van der Waals surface area contributed by atoms with E-state index in [1.807, 2.05) is 38.1 Å². The van der Waals surface area contributed by atoms with Gasteiger partial charge in [0.25, 0.3) is 5.91 Å². The number of halogens is 4. The third-order valence-electron chi connectivity index (χ3n) is 5.60. The summed E-state index contributed by atoms with van der Waals surface area (Å²) in [4.78, 5) is 28.3. The van der Waals surface area contributed by atoms with E-state index in [1.54, 1.807) is 4.90 Å². The lowest BCUT2D eigenvalue weighted by molar-refractivity contribution is -0.126. The number of Topliss-reactive ketones (excluding diaryl/α,β-unsaturated/α-hetero) is 1. The number of ketones is 1. The standard InChI is InChI=1S/C22H22Cl2F2N2O3S/c1-13-14(2)28(9-8-27(13)17-5-3-4-16(23)11-17)22(30)15-6-7-20(18(24)10-15)32(31)12-19(29)21(25)26/h3-7,10-11,13-14,21H,8-9,12H2,1-2H3/t13?,14-,32?/m0/s1. The quantitative estimate of drug-likeness (QED) is 0.538. The second kappa shape index (κ2) is 10.4. The van der Waals surface area contributed by atoms with Crippen LogP contribution < -0.4 is 4.90 Å². The van der Waals surface area contributed by atoms with Gasteiger partial charge in [0, 0.05) is 41.4 Å². The summed E-state index contributed by atoms with van der Waals surface area (Å²) >= 11 is 10.3. The lowest BCUT2D eigenvalue weighted by Gasteiger charge is -2.46. The van der Waals surface area contributed by atoms with Gasteiger partial charge in [-0.3, -0.25) is 9.59 Å². The molecule has 0 N–H and O–H groups in total. The van der Waals surface area contributed by atoms with E-state index in [4.69, 9.17) is 23.2 Å². The molecule has 0 saturated carbocycles. The summed E-state index contributed by atoms with van der Waals surface area (Å²) in [6.45, 7) is 5.08. The zero-order valence-electron chi connectivity index (χ0n) is 17.4. The molecule has 1 fully saturated rings. The summed E-state index contributed by atoms with van der Waals surface area (Å²) in [7, 11) is 0. The normalized spacial score (nSPS) is 19.9. The first-order valence-electron chi connectivity index (χ1n) is 9.92. The highest BCUT2D eigenvalue weighted by molar-refractivity contribution is 7.92. The number of anilines is 1. The van der Waals surface area contributed by atoms with Crippen molar-refractivity contribution in [3.05, 3.63) is 58.1 Å². The number of carbonyl (C=O) groups is 2. The van der Waals surface area contributed by atoms with Crippen LogP contribution in [0.15, 0.2) is 47.4 Å². The van der Waals surface area contributed by atoms with Crippen molar-refractivity contribution in [3.8, 4) is 0 Å². The highest BCUT2D eigenvalue weighted by Crippen LogP contribution is 2.29. The third kappa shape index (κ3) is 5.36. The summed E-state index contributed by atoms with van der Waals surface area (Å²) in [5.41, 5.74) is 1.28. The molecule has 1 saturated heterocycles. The predicted molar refractivity (Wildman–Crippen MR) is 122 cm³/mol. The molecule has 1 aliphatic heterocycles. The Morgan fingerprint density at radius 1 is 1.12 bits per heavy atom. The molecule has 10 heteroatoms. The molecular weight excluding hydrogens is 481 g/mol. The monoisotopic (exact) mass is 502 g/mol. The molecule has 1 aliphatic rings. The lowest BCUT2D eigenvalue weighted by atomic mass is 10.0. The topological polar surface area (TPSA) is 63.7 Å². The van der Waals surface area contributed by atoms with E-state index in [2.05, 4.69) is 4.90 Å². The van der Waals surface area contributed by atoms with Crippen molar-refractivity contribution in [2.75, 3.05) is 23.7 Å². The summed E-state index contributed by atoms with van der Waals surface area (Å²) < 4.78 is 37.1. The fraction of sp³-hybridized carbons (Fsp3) is 0.364. The molecule has 1 heterocycles. The summed E-state index contributed by atoms with van der Waals surface area (Å²) in [6, 6.07) is 11.6. The SMILES string of the molecule is CC1[C@H](C)N(C(=O)c2ccc([S+]([O-])CC(=O)C(F)F)c(Cl)c2)CCN1c1cccc(Cl)c1. The second-order valence-corrected chi connectivity index (χ2v) is 9.82. The number of amides is 1. The van der Waals surface area contributed by atoms with Crippen molar-refractivity contribution in [3.63, 3.8) is 0 Å². The lowest BCUT2D eigenvalue weighted by Crippen LogP contribution is -2.59. The Labute approximate surface area is 198 Å². The first-order valence-corrected chi connectivity index (χ1v) is 12.0. The number of hydrogen-bond donors (Lipinski definition) is 0. The molecule has 3 atom stereocenters. The van der Waals surface area contributed by atoms with Crippen LogP contribution in [0.4, 0.5) is 14.5 Å². The van der Waals surface area contributed by atoms with Gasteiger partial charge in [0.2, 0.25) is 5.78 Å². The Morgan fingerprint density at radius 2 is 1.84 bits per heavy atom. The molecule has 2 aromatic carbocycles. The average Bonchev–Trinajstić information content (AvgIpc) is 2.74.